The second-order valence-corrected chi connectivity index (χ2v) is 4.25. The van der Waals surface area contributed by atoms with E-state index in [9.17, 15) is 19.5 Å². The number of likely N-dealkylation sites (tertiary alicyclic amines) is 1. The number of amides is 2. The molecule has 17 heavy (non-hydrogen) atoms. The highest BCUT2D eigenvalue weighted by Crippen LogP contribution is 2.32. The summed E-state index contributed by atoms with van der Waals surface area (Å²) in [5.41, 5.74) is -1.09. The lowest BCUT2D eigenvalue weighted by Crippen LogP contribution is -2.54. The van der Waals surface area contributed by atoms with Gasteiger partial charge in [0.15, 0.2) is 0 Å². The lowest BCUT2D eigenvalue weighted by atomic mass is 9.93. The molecule has 1 aliphatic heterocycles. The fourth-order valence-electron chi connectivity index (χ4n) is 2.28. The van der Waals surface area contributed by atoms with Crippen LogP contribution in [-0.4, -0.2) is 46.4 Å². The first-order chi connectivity index (χ1) is 7.94. The van der Waals surface area contributed by atoms with Crippen molar-refractivity contribution in [3.8, 4) is 0 Å². The van der Waals surface area contributed by atoms with E-state index in [1.807, 2.05) is 0 Å². The van der Waals surface area contributed by atoms with Gasteiger partial charge in [-0.3, -0.25) is 9.59 Å². The molecule has 0 aromatic heterocycles. The molecule has 0 spiro atoms. The van der Waals surface area contributed by atoms with Gasteiger partial charge in [0, 0.05) is 13.5 Å². The number of rotatable bonds is 4. The number of carbonyl (C=O) groups excluding carboxylic acids is 2. The normalized spacial score (nSPS) is 23.5. The Kier molecular flexibility index (Phi) is 4.09. The molecule has 1 saturated heterocycles. The summed E-state index contributed by atoms with van der Waals surface area (Å²) in [6.45, 7) is 3.39. The highest BCUT2D eigenvalue weighted by atomic mass is 16.4. The van der Waals surface area contributed by atoms with Crippen molar-refractivity contribution in [1.82, 2.24) is 10.2 Å². The van der Waals surface area contributed by atoms with Crippen LogP contribution < -0.4 is 5.32 Å². The van der Waals surface area contributed by atoms with Gasteiger partial charge in [-0.2, -0.15) is 0 Å². The van der Waals surface area contributed by atoms with Crippen LogP contribution in [0.3, 0.4) is 0 Å². The summed E-state index contributed by atoms with van der Waals surface area (Å²) in [5.74, 6) is -1.59. The Morgan fingerprint density at radius 1 is 1.41 bits per heavy atom. The minimum atomic E-state index is -1.09. The third-order valence-electron chi connectivity index (χ3n) is 3.26. The highest BCUT2D eigenvalue weighted by molar-refractivity contribution is 5.90. The zero-order chi connectivity index (χ0) is 13.1. The van der Waals surface area contributed by atoms with Gasteiger partial charge in [-0.1, -0.05) is 6.92 Å². The number of hydrogen-bond donors (Lipinski definition) is 2. The lowest BCUT2D eigenvalue weighted by molar-refractivity contribution is -0.156. The molecule has 2 N–H and O–H groups in total. The highest BCUT2D eigenvalue weighted by Gasteiger charge is 2.48. The van der Waals surface area contributed by atoms with E-state index in [2.05, 4.69) is 5.32 Å². The number of hydrogen-bond acceptors (Lipinski definition) is 3. The van der Waals surface area contributed by atoms with Crippen molar-refractivity contribution < 1.29 is 19.5 Å². The molecule has 1 rings (SSSR count). The number of nitrogens with zero attached hydrogens (tertiary/aromatic N) is 1. The average Bonchev–Trinajstić information content (AvgIpc) is 2.70. The zero-order valence-corrected chi connectivity index (χ0v) is 10.2. The molecule has 1 aliphatic rings. The van der Waals surface area contributed by atoms with Gasteiger partial charge in [-0.25, -0.2) is 4.79 Å². The molecule has 1 heterocycles. The van der Waals surface area contributed by atoms with Crippen molar-refractivity contribution in [2.45, 2.75) is 38.6 Å². The predicted molar refractivity (Wildman–Crippen MR) is 60.3 cm³/mol. The standard InChI is InChI=1S/C11H18N2O4/c1-3-11(10(16)17)5-4-6-13(11)9(15)7-12-8(2)14/h3-7H2,1-2H3,(H,12,14)(H,16,17). The molecule has 6 heteroatoms. The number of carboxylic acids is 1. The zero-order valence-electron chi connectivity index (χ0n) is 10.2. The van der Waals surface area contributed by atoms with Crippen molar-refractivity contribution in [3.05, 3.63) is 0 Å². The Morgan fingerprint density at radius 2 is 2.06 bits per heavy atom. The second kappa shape index (κ2) is 5.16. The summed E-state index contributed by atoms with van der Waals surface area (Å²) >= 11 is 0. The van der Waals surface area contributed by atoms with Crippen molar-refractivity contribution >= 4 is 17.8 Å². The van der Waals surface area contributed by atoms with E-state index in [0.717, 1.165) is 0 Å². The van der Waals surface area contributed by atoms with Crippen LogP contribution in [0.5, 0.6) is 0 Å². The van der Waals surface area contributed by atoms with E-state index in [1.54, 1.807) is 6.92 Å². The third kappa shape index (κ3) is 2.57. The minimum Gasteiger partial charge on any atom is -0.479 e. The maximum Gasteiger partial charge on any atom is 0.329 e. The largest absolute Gasteiger partial charge is 0.479 e. The van der Waals surface area contributed by atoms with Crippen LogP contribution in [0.2, 0.25) is 0 Å². The van der Waals surface area contributed by atoms with E-state index >= 15 is 0 Å². The number of nitrogens with one attached hydrogen (secondary N) is 1. The third-order valence-corrected chi connectivity index (χ3v) is 3.26. The van der Waals surface area contributed by atoms with Gasteiger partial charge in [-0.05, 0) is 19.3 Å². The van der Waals surface area contributed by atoms with Gasteiger partial charge < -0.3 is 15.3 Å². The molecule has 1 fully saturated rings. The molecule has 0 aromatic carbocycles. The van der Waals surface area contributed by atoms with Gasteiger partial charge >= 0.3 is 5.97 Å². The SMILES string of the molecule is CCC1(C(=O)O)CCCN1C(=O)CNC(C)=O. The quantitative estimate of drug-likeness (QED) is 0.725. The van der Waals surface area contributed by atoms with Crippen LogP contribution in [0.1, 0.15) is 33.1 Å². The predicted octanol–water partition coefficient (Wildman–Crippen LogP) is -0.0217. The molecule has 2 amide bonds. The summed E-state index contributed by atoms with van der Waals surface area (Å²) in [7, 11) is 0. The smallest absolute Gasteiger partial charge is 0.329 e. The fourth-order valence-corrected chi connectivity index (χ4v) is 2.28. The first kappa shape index (κ1) is 13.5. The van der Waals surface area contributed by atoms with Crippen LogP contribution in [0.25, 0.3) is 0 Å². The van der Waals surface area contributed by atoms with Gasteiger partial charge in [0.2, 0.25) is 11.8 Å². The Hall–Kier alpha value is -1.59. The summed E-state index contributed by atoms with van der Waals surface area (Å²) in [5, 5.41) is 11.7. The minimum absolute atomic E-state index is 0.135. The second-order valence-electron chi connectivity index (χ2n) is 4.25. The summed E-state index contributed by atoms with van der Waals surface area (Å²) in [6.07, 6.45) is 1.55. The monoisotopic (exact) mass is 242 g/mol. The molecule has 0 bridgehead atoms. The number of aliphatic carboxylic acids is 1. The molecular weight excluding hydrogens is 224 g/mol. The van der Waals surface area contributed by atoms with Crippen molar-refractivity contribution in [2.24, 2.45) is 0 Å². The van der Waals surface area contributed by atoms with E-state index in [4.69, 9.17) is 0 Å². The van der Waals surface area contributed by atoms with E-state index in [-0.39, 0.29) is 18.4 Å². The van der Waals surface area contributed by atoms with Gasteiger partial charge in [0.05, 0.1) is 6.54 Å². The van der Waals surface area contributed by atoms with E-state index < -0.39 is 11.5 Å². The van der Waals surface area contributed by atoms with E-state index in [1.165, 1.54) is 11.8 Å². The molecule has 96 valence electrons. The first-order valence-corrected chi connectivity index (χ1v) is 5.72. The molecule has 1 atom stereocenters. The molecule has 0 aromatic rings. The van der Waals surface area contributed by atoms with Crippen LogP contribution in [-0.2, 0) is 14.4 Å². The molecule has 0 aliphatic carbocycles. The van der Waals surface area contributed by atoms with Crippen molar-refractivity contribution in [3.63, 3.8) is 0 Å². The fraction of sp³-hybridized carbons (Fsp3) is 0.727. The van der Waals surface area contributed by atoms with Crippen LogP contribution in [0, 0.1) is 0 Å². The molecule has 1 unspecified atom stereocenters. The Balaban J connectivity index is 2.77. The number of carbonyl (C=O) groups is 3. The van der Waals surface area contributed by atoms with E-state index in [0.29, 0.717) is 25.8 Å². The van der Waals surface area contributed by atoms with Gasteiger partial charge in [-0.15, -0.1) is 0 Å². The summed E-state index contributed by atoms with van der Waals surface area (Å²) < 4.78 is 0. The first-order valence-electron chi connectivity index (χ1n) is 5.72. The van der Waals surface area contributed by atoms with Crippen LogP contribution in [0.15, 0.2) is 0 Å². The summed E-state index contributed by atoms with van der Waals surface area (Å²) in [4.78, 5) is 35.3. The summed E-state index contributed by atoms with van der Waals surface area (Å²) in [6, 6.07) is 0. The molecular formula is C11H18N2O4. The molecule has 0 saturated carbocycles. The maximum atomic E-state index is 11.9. The Morgan fingerprint density at radius 3 is 2.53 bits per heavy atom. The van der Waals surface area contributed by atoms with Crippen LogP contribution >= 0.6 is 0 Å². The van der Waals surface area contributed by atoms with Gasteiger partial charge in [0.1, 0.15) is 5.54 Å². The topological polar surface area (TPSA) is 86.7 Å². The van der Waals surface area contributed by atoms with Gasteiger partial charge in [0.25, 0.3) is 0 Å². The average molecular weight is 242 g/mol. The lowest BCUT2D eigenvalue weighted by Gasteiger charge is -2.33. The maximum absolute atomic E-state index is 11.9. The molecule has 6 nitrogen and oxygen atoms in total. The Labute approximate surface area is 100.0 Å². The molecule has 0 radical (unpaired) electrons. The van der Waals surface area contributed by atoms with Crippen molar-refractivity contribution in [2.75, 3.05) is 13.1 Å². The Bertz CT molecular complexity index is 342. The number of carboxylic acid groups (broad SMARTS) is 1. The van der Waals surface area contributed by atoms with Crippen molar-refractivity contribution in [1.29, 1.82) is 0 Å². The van der Waals surface area contributed by atoms with Crippen LogP contribution in [0.4, 0.5) is 0 Å².